The van der Waals surface area contributed by atoms with Gasteiger partial charge in [0, 0.05) is 30.6 Å². The average molecular weight is 670 g/mol. The highest BCUT2D eigenvalue weighted by molar-refractivity contribution is 7.91. The summed E-state index contributed by atoms with van der Waals surface area (Å²) in [5.41, 5.74) is 9.98. The van der Waals surface area contributed by atoms with Crippen LogP contribution in [0, 0.1) is 0 Å². The molecular formula is C38H43N3O6S. The number of rotatable bonds is 14. The van der Waals surface area contributed by atoms with E-state index in [4.69, 9.17) is 15.2 Å². The maximum Gasteiger partial charge on any atom is 0.407 e. The van der Waals surface area contributed by atoms with Crippen LogP contribution in [-0.2, 0) is 36.9 Å². The monoisotopic (exact) mass is 669 g/mol. The van der Waals surface area contributed by atoms with E-state index in [0.29, 0.717) is 31.7 Å². The van der Waals surface area contributed by atoms with E-state index >= 15 is 0 Å². The van der Waals surface area contributed by atoms with Crippen LogP contribution in [0.25, 0.3) is 0 Å². The van der Waals surface area contributed by atoms with Gasteiger partial charge in [-0.3, -0.25) is 4.79 Å². The molecule has 1 heterocycles. The third kappa shape index (κ3) is 9.31. The van der Waals surface area contributed by atoms with Gasteiger partial charge in [0.1, 0.15) is 6.04 Å². The van der Waals surface area contributed by atoms with Gasteiger partial charge >= 0.3 is 6.09 Å². The van der Waals surface area contributed by atoms with Crippen molar-refractivity contribution in [1.29, 1.82) is 0 Å². The van der Waals surface area contributed by atoms with Crippen LogP contribution in [0.2, 0.25) is 0 Å². The molecule has 0 unspecified atom stereocenters. The molecule has 1 saturated heterocycles. The number of hydrogen-bond acceptors (Lipinski definition) is 8. The van der Waals surface area contributed by atoms with Crippen LogP contribution < -0.4 is 16.4 Å². The van der Waals surface area contributed by atoms with Crippen LogP contribution >= 0.6 is 0 Å². The first-order chi connectivity index (χ1) is 23.2. The highest BCUT2D eigenvalue weighted by atomic mass is 32.2. The number of methoxy groups -OCH3 is 1. The predicted octanol–water partition coefficient (Wildman–Crippen LogP) is 5.09. The van der Waals surface area contributed by atoms with Gasteiger partial charge < -0.3 is 25.8 Å². The Balaban J connectivity index is 1.21. The Morgan fingerprint density at radius 1 is 0.875 bits per heavy atom. The highest BCUT2D eigenvalue weighted by Crippen LogP contribution is 2.30. The van der Waals surface area contributed by atoms with Crippen LogP contribution in [-0.4, -0.2) is 64.5 Å². The molecule has 4 N–H and O–H groups in total. The Morgan fingerprint density at radius 2 is 1.48 bits per heavy atom. The highest BCUT2D eigenvalue weighted by Gasteiger charge is 2.33. The number of anilines is 1. The molecule has 0 saturated carbocycles. The third-order valence-electron chi connectivity index (χ3n) is 8.82. The predicted molar refractivity (Wildman–Crippen MR) is 187 cm³/mol. The van der Waals surface area contributed by atoms with Crippen molar-refractivity contribution in [2.24, 2.45) is 0 Å². The summed E-state index contributed by atoms with van der Waals surface area (Å²) in [5.74, 6) is -0.522. The summed E-state index contributed by atoms with van der Waals surface area (Å²) in [7, 11) is -2.12. The van der Waals surface area contributed by atoms with Crippen LogP contribution in [0.3, 0.4) is 0 Å². The van der Waals surface area contributed by atoms with Crippen molar-refractivity contribution in [3.8, 4) is 0 Å². The number of benzene rings is 4. The second kappa shape index (κ2) is 16.5. The van der Waals surface area contributed by atoms with E-state index in [1.165, 1.54) is 19.2 Å². The number of nitrogen functional groups attached to an aromatic ring is 1. The van der Waals surface area contributed by atoms with Crippen LogP contribution in [0.4, 0.5) is 10.5 Å². The van der Waals surface area contributed by atoms with E-state index < -0.39 is 27.9 Å². The molecule has 0 bridgehead atoms. The summed E-state index contributed by atoms with van der Waals surface area (Å²) in [5, 5.41) is 6.29. The van der Waals surface area contributed by atoms with Gasteiger partial charge in [-0.25, -0.2) is 13.2 Å². The Kier molecular flexibility index (Phi) is 12.0. The van der Waals surface area contributed by atoms with E-state index in [1.54, 1.807) is 12.1 Å². The topological polar surface area (TPSA) is 137 Å². The number of aryl methyl sites for hydroxylation is 1. The van der Waals surface area contributed by atoms with Crippen molar-refractivity contribution in [2.45, 2.75) is 54.7 Å². The maximum absolute atomic E-state index is 14.1. The molecular weight excluding hydrogens is 626 g/mol. The third-order valence-corrected chi connectivity index (χ3v) is 10.6. The molecule has 48 heavy (non-hydrogen) atoms. The zero-order valence-corrected chi connectivity index (χ0v) is 27.9. The molecule has 1 aliphatic heterocycles. The molecule has 0 radical (unpaired) electrons. The Labute approximate surface area is 282 Å². The first-order valence-electron chi connectivity index (χ1n) is 16.2. The summed E-state index contributed by atoms with van der Waals surface area (Å²) < 4.78 is 36.6. The molecule has 10 heteroatoms. The summed E-state index contributed by atoms with van der Waals surface area (Å²) >= 11 is 0. The van der Waals surface area contributed by atoms with Crippen LogP contribution in [0.15, 0.2) is 114 Å². The van der Waals surface area contributed by atoms with E-state index in [0.717, 1.165) is 28.7 Å². The summed E-state index contributed by atoms with van der Waals surface area (Å²) in [6, 6.07) is 32.6. The minimum atomic E-state index is -3.41. The van der Waals surface area contributed by atoms with Gasteiger partial charge in [0.15, 0.2) is 15.6 Å². The van der Waals surface area contributed by atoms with Crippen molar-refractivity contribution < 1.29 is 27.5 Å². The second-order valence-electron chi connectivity index (χ2n) is 12.1. The smallest absolute Gasteiger partial charge is 0.407 e. The number of amides is 1. The maximum atomic E-state index is 14.1. The SMILES string of the molecule is COC(=O)N[C@H](C(=O)Cc1ccccc1CC[C@@H]1CN[C@H](CCS(=O)(=O)c2ccc(N)cc2)CO1)C(c1ccccc1)c1ccccc1. The van der Waals surface area contributed by atoms with Crippen molar-refractivity contribution in [3.05, 3.63) is 131 Å². The number of carbonyl (C=O) groups is 2. The first-order valence-corrected chi connectivity index (χ1v) is 17.9. The molecule has 5 rings (SSSR count). The molecule has 252 valence electrons. The number of ketones is 1. The summed E-state index contributed by atoms with van der Waals surface area (Å²) in [4.78, 5) is 26.9. The fraction of sp³-hybridized carbons (Fsp3) is 0.316. The lowest BCUT2D eigenvalue weighted by Gasteiger charge is -2.30. The zero-order valence-electron chi connectivity index (χ0n) is 27.1. The molecule has 1 amide bonds. The Hall–Kier alpha value is -4.51. The Morgan fingerprint density at radius 3 is 2.06 bits per heavy atom. The van der Waals surface area contributed by atoms with E-state index in [-0.39, 0.29) is 35.0 Å². The van der Waals surface area contributed by atoms with Crippen LogP contribution in [0.1, 0.15) is 41.0 Å². The Bertz CT molecular complexity index is 1700. The number of ether oxygens (including phenoxy) is 2. The molecule has 0 spiro atoms. The van der Waals surface area contributed by atoms with Gasteiger partial charge in [-0.1, -0.05) is 84.9 Å². The quantitative estimate of drug-likeness (QED) is 0.158. The summed E-state index contributed by atoms with van der Waals surface area (Å²) in [6.45, 7) is 1.03. The number of sulfone groups is 1. The molecule has 0 aromatic heterocycles. The zero-order chi connectivity index (χ0) is 33.9. The number of hydrogen-bond donors (Lipinski definition) is 3. The molecule has 3 atom stereocenters. The fourth-order valence-electron chi connectivity index (χ4n) is 6.15. The average Bonchev–Trinajstić information content (AvgIpc) is 3.11. The van der Waals surface area contributed by atoms with Crippen molar-refractivity contribution in [1.82, 2.24) is 10.6 Å². The molecule has 9 nitrogen and oxygen atoms in total. The molecule has 1 aliphatic rings. The lowest BCUT2D eigenvalue weighted by atomic mass is 9.81. The molecule has 4 aromatic carbocycles. The van der Waals surface area contributed by atoms with Gasteiger partial charge in [-0.15, -0.1) is 0 Å². The van der Waals surface area contributed by atoms with Crippen molar-refractivity contribution >= 4 is 27.4 Å². The van der Waals surface area contributed by atoms with Gasteiger partial charge in [-0.2, -0.15) is 0 Å². The minimum absolute atomic E-state index is 0.0191. The largest absolute Gasteiger partial charge is 0.453 e. The van der Waals surface area contributed by atoms with E-state index in [2.05, 4.69) is 10.6 Å². The second-order valence-corrected chi connectivity index (χ2v) is 14.2. The fourth-order valence-corrected chi connectivity index (χ4v) is 7.53. The van der Waals surface area contributed by atoms with E-state index in [9.17, 15) is 18.0 Å². The van der Waals surface area contributed by atoms with Crippen LogP contribution in [0.5, 0.6) is 0 Å². The number of nitrogens with two attached hydrogens (primary N) is 1. The van der Waals surface area contributed by atoms with Crippen molar-refractivity contribution in [2.75, 3.05) is 31.7 Å². The number of carbonyl (C=O) groups excluding carboxylic acids is 2. The minimum Gasteiger partial charge on any atom is -0.453 e. The number of Topliss-reactive ketones (excluding diaryl/α,β-unsaturated/α-hetero) is 1. The molecule has 4 aromatic rings. The van der Waals surface area contributed by atoms with Gasteiger partial charge in [-0.05, 0) is 65.8 Å². The number of morpholine rings is 1. The van der Waals surface area contributed by atoms with Gasteiger partial charge in [0.2, 0.25) is 0 Å². The van der Waals surface area contributed by atoms with E-state index in [1.807, 2.05) is 84.9 Å². The lowest BCUT2D eigenvalue weighted by molar-refractivity contribution is -0.120. The number of alkyl carbamates (subject to hydrolysis) is 1. The summed E-state index contributed by atoms with van der Waals surface area (Å²) in [6.07, 6.45) is 1.29. The lowest BCUT2D eigenvalue weighted by Crippen LogP contribution is -2.47. The van der Waals surface area contributed by atoms with Gasteiger partial charge in [0.05, 0.1) is 30.5 Å². The first kappa shape index (κ1) is 34.8. The normalized spacial score (nSPS) is 17.0. The molecule has 0 aliphatic carbocycles. The standard InChI is InChI=1S/C38H43N3O6S/c1-46-38(43)41-37(36(28-11-4-2-5-12-28)29-13-6-3-7-14-29)35(42)24-30-15-9-8-10-27(30)16-19-33-25-40-32(26-47-33)22-23-48(44,45)34-20-17-31(39)18-21-34/h2-15,17-18,20-21,32-33,36-37,40H,16,19,22-26,39H2,1H3,(H,41,43)/t32-,33-,37-/m1/s1. The number of nitrogens with one attached hydrogen (secondary N) is 2. The molecule has 1 fully saturated rings. The van der Waals surface area contributed by atoms with Gasteiger partial charge in [0.25, 0.3) is 0 Å². The van der Waals surface area contributed by atoms with Crippen molar-refractivity contribution in [3.63, 3.8) is 0 Å².